The summed E-state index contributed by atoms with van der Waals surface area (Å²) >= 11 is 0. The Morgan fingerprint density at radius 1 is 0.667 bits per heavy atom. The molecule has 0 fully saturated rings. The molecule has 0 aliphatic rings. The minimum absolute atomic E-state index is 0.432. The van der Waals surface area contributed by atoms with Crippen LogP contribution < -0.4 is 11.5 Å². The van der Waals surface area contributed by atoms with E-state index < -0.39 is 11.8 Å². The van der Waals surface area contributed by atoms with Crippen molar-refractivity contribution >= 4 is 11.8 Å². The fraction of sp³-hybridized carbons (Fsp3) is 0.100. The number of carbonyl (C=O) groups excluding carboxylic acids is 2. The van der Waals surface area contributed by atoms with E-state index in [4.69, 9.17) is 11.5 Å². The molecule has 4 heteroatoms. The largest absolute Gasteiger partial charge is 0.366 e. The van der Waals surface area contributed by atoms with Gasteiger partial charge in [0.2, 0.25) is 11.8 Å². The summed E-state index contributed by atoms with van der Waals surface area (Å²) < 4.78 is 0. The van der Waals surface area contributed by atoms with E-state index in [9.17, 15) is 9.59 Å². The van der Waals surface area contributed by atoms with Crippen LogP contribution in [0.1, 0.15) is 11.1 Å². The highest BCUT2D eigenvalue weighted by Crippen LogP contribution is 2.05. The zero-order valence-corrected chi connectivity index (χ0v) is 13.6. The average molecular weight is 322 g/mol. The number of carbonyl (C=O) groups is 2. The van der Waals surface area contributed by atoms with E-state index in [0.29, 0.717) is 24.0 Å². The number of amides is 2. The number of benzene rings is 2. The van der Waals surface area contributed by atoms with Gasteiger partial charge in [0, 0.05) is 24.0 Å². The Bertz CT molecular complexity index is 643. The molecule has 0 heterocycles. The van der Waals surface area contributed by atoms with Crippen molar-refractivity contribution in [1.82, 2.24) is 0 Å². The van der Waals surface area contributed by atoms with Crippen LogP contribution in [-0.2, 0) is 22.4 Å². The van der Waals surface area contributed by atoms with Crippen LogP contribution in [0.4, 0.5) is 0 Å². The Balaban J connectivity index is 0.000000240. The van der Waals surface area contributed by atoms with Crippen LogP contribution in [-0.4, -0.2) is 11.8 Å². The summed E-state index contributed by atoms with van der Waals surface area (Å²) in [7, 11) is 0. The third-order valence-electron chi connectivity index (χ3n) is 3.22. The number of hydrogen-bond acceptors (Lipinski definition) is 2. The van der Waals surface area contributed by atoms with Crippen molar-refractivity contribution in [3.05, 3.63) is 96.1 Å². The Morgan fingerprint density at radius 3 is 1.21 bits per heavy atom. The molecule has 0 saturated heterocycles. The molecule has 0 atom stereocenters. The maximum atomic E-state index is 10.6. The molecule has 0 aliphatic heterocycles. The van der Waals surface area contributed by atoms with Gasteiger partial charge < -0.3 is 11.5 Å². The molecule has 0 spiro atoms. The van der Waals surface area contributed by atoms with E-state index >= 15 is 0 Å². The quantitative estimate of drug-likeness (QED) is 0.801. The van der Waals surface area contributed by atoms with E-state index in [0.717, 1.165) is 11.1 Å². The molecule has 24 heavy (non-hydrogen) atoms. The molecule has 124 valence electrons. The highest BCUT2D eigenvalue weighted by Gasteiger charge is 2.02. The Hall–Kier alpha value is -3.14. The lowest BCUT2D eigenvalue weighted by atomic mass is 10.1. The minimum atomic E-state index is -0.432. The van der Waals surface area contributed by atoms with Crippen molar-refractivity contribution in [1.29, 1.82) is 0 Å². The van der Waals surface area contributed by atoms with Gasteiger partial charge in [-0.05, 0) is 11.1 Å². The monoisotopic (exact) mass is 322 g/mol. The van der Waals surface area contributed by atoms with E-state index in [2.05, 4.69) is 13.2 Å². The molecule has 0 bridgehead atoms. The molecule has 2 aromatic carbocycles. The van der Waals surface area contributed by atoms with E-state index in [1.807, 2.05) is 60.7 Å². The summed E-state index contributed by atoms with van der Waals surface area (Å²) in [5.41, 5.74) is 13.1. The van der Waals surface area contributed by atoms with Crippen molar-refractivity contribution in [3.63, 3.8) is 0 Å². The molecule has 0 aliphatic carbocycles. The van der Waals surface area contributed by atoms with Crippen LogP contribution >= 0.6 is 0 Å². The molecule has 4 nitrogen and oxygen atoms in total. The van der Waals surface area contributed by atoms with Gasteiger partial charge in [-0.15, -0.1) is 0 Å². The second-order valence-corrected chi connectivity index (χ2v) is 5.26. The molecule has 0 saturated carbocycles. The zero-order chi connectivity index (χ0) is 17.9. The average Bonchev–Trinajstić information content (AvgIpc) is 2.57. The van der Waals surface area contributed by atoms with Crippen LogP contribution in [0, 0.1) is 0 Å². The summed E-state index contributed by atoms with van der Waals surface area (Å²) in [4.78, 5) is 21.3. The van der Waals surface area contributed by atoms with E-state index in [1.54, 1.807) is 0 Å². The number of hydrogen-bond donors (Lipinski definition) is 2. The molecular weight excluding hydrogens is 300 g/mol. The van der Waals surface area contributed by atoms with Gasteiger partial charge in [-0.1, -0.05) is 73.8 Å². The number of nitrogens with two attached hydrogens (primary N) is 2. The highest BCUT2D eigenvalue weighted by molar-refractivity contribution is 5.92. The van der Waals surface area contributed by atoms with Crippen molar-refractivity contribution < 1.29 is 9.59 Å². The lowest BCUT2D eigenvalue weighted by molar-refractivity contribution is -0.115. The SMILES string of the molecule is C=C(Cc1ccccc1)C(N)=O.C=C(Cc1ccccc1)C(N)=O. The Labute approximate surface area is 142 Å². The van der Waals surface area contributed by atoms with E-state index in [1.165, 1.54) is 0 Å². The lowest BCUT2D eigenvalue weighted by Gasteiger charge is -2.00. The van der Waals surface area contributed by atoms with Crippen molar-refractivity contribution in [2.75, 3.05) is 0 Å². The van der Waals surface area contributed by atoms with Gasteiger partial charge in [0.25, 0.3) is 0 Å². The fourth-order valence-electron chi connectivity index (χ4n) is 1.86. The maximum Gasteiger partial charge on any atom is 0.244 e. The second-order valence-electron chi connectivity index (χ2n) is 5.26. The third-order valence-corrected chi connectivity index (χ3v) is 3.22. The van der Waals surface area contributed by atoms with Gasteiger partial charge in [0.05, 0.1) is 0 Å². The predicted octanol–water partition coefficient (Wildman–Crippen LogP) is 2.54. The molecule has 2 aromatic rings. The number of rotatable bonds is 6. The lowest BCUT2D eigenvalue weighted by Crippen LogP contribution is -2.14. The first-order valence-electron chi connectivity index (χ1n) is 7.43. The summed E-state index contributed by atoms with van der Waals surface area (Å²) in [5, 5.41) is 0. The van der Waals surface area contributed by atoms with Gasteiger partial charge in [0.15, 0.2) is 0 Å². The van der Waals surface area contributed by atoms with Gasteiger partial charge in [-0.25, -0.2) is 0 Å². The highest BCUT2D eigenvalue weighted by atomic mass is 16.1. The standard InChI is InChI=1S/2C10H11NO/c2*1-8(10(11)12)7-9-5-3-2-4-6-9/h2*2-6H,1,7H2,(H2,11,12). The smallest absolute Gasteiger partial charge is 0.244 e. The molecular formula is C20H22N2O2. The molecule has 2 rings (SSSR count). The second kappa shape index (κ2) is 9.79. The molecule has 0 radical (unpaired) electrons. The summed E-state index contributed by atoms with van der Waals surface area (Å²) in [5.74, 6) is -0.863. The van der Waals surface area contributed by atoms with Gasteiger partial charge in [-0.2, -0.15) is 0 Å². The van der Waals surface area contributed by atoms with Gasteiger partial charge >= 0.3 is 0 Å². The minimum Gasteiger partial charge on any atom is -0.366 e. The first-order valence-corrected chi connectivity index (χ1v) is 7.43. The Morgan fingerprint density at radius 2 is 0.958 bits per heavy atom. The first kappa shape index (κ1) is 18.9. The topological polar surface area (TPSA) is 86.2 Å². The van der Waals surface area contributed by atoms with Crippen molar-refractivity contribution in [2.24, 2.45) is 11.5 Å². The van der Waals surface area contributed by atoms with Crippen LogP contribution in [0.2, 0.25) is 0 Å². The predicted molar refractivity (Wildman–Crippen MR) is 97.0 cm³/mol. The normalized spacial score (nSPS) is 9.33. The summed E-state index contributed by atoms with van der Waals surface area (Å²) in [6.07, 6.45) is 1.08. The van der Waals surface area contributed by atoms with Crippen LogP contribution in [0.3, 0.4) is 0 Å². The van der Waals surface area contributed by atoms with Crippen LogP contribution in [0.25, 0.3) is 0 Å². The van der Waals surface area contributed by atoms with Crippen molar-refractivity contribution in [2.45, 2.75) is 12.8 Å². The van der Waals surface area contributed by atoms with Crippen LogP contribution in [0.5, 0.6) is 0 Å². The molecule has 2 amide bonds. The van der Waals surface area contributed by atoms with Gasteiger partial charge in [0.1, 0.15) is 0 Å². The third kappa shape index (κ3) is 7.22. The number of primary amides is 2. The zero-order valence-electron chi connectivity index (χ0n) is 13.6. The van der Waals surface area contributed by atoms with Crippen LogP contribution in [0.15, 0.2) is 85.0 Å². The van der Waals surface area contributed by atoms with Gasteiger partial charge in [-0.3, -0.25) is 9.59 Å². The fourth-order valence-corrected chi connectivity index (χ4v) is 1.86. The van der Waals surface area contributed by atoms with Crippen molar-refractivity contribution in [3.8, 4) is 0 Å². The first-order chi connectivity index (χ1) is 11.4. The molecule has 4 N–H and O–H groups in total. The summed E-state index contributed by atoms with van der Waals surface area (Å²) in [6, 6.07) is 19.3. The summed E-state index contributed by atoms with van der Waals surface area (Å²) in [6.45, 7) is 7.15. The Kier molecular flexibility index (Phi) is 7.71. The molecule has 0 unspecified atom stereocenters. The molecule has 0 aromatic heterocycles. The van der Waals surface area contributed by atoms with E-state index in [-0.39, 0.29) is 0 Å². The maximum absolute atomic E-state index is 10.6.